The molecule has 1 saturated heterocycles. The minimum absolute atomic E-state index is 0.0330. The van der Waals surface area contributed by atoms with Crippen molar-refractivity contribution in [1.82, 2.24) is 14.6 Å². The number of amides is 1. The van der Waals surface area contributed by atoms with Crippen LogP contribution in [-0.2, 0) is 45.4 Å². The highest BCUT2D eigenvalue weighted by Crippen LogP contribution is 2.42. The van der Waals surface area contributed by atoms with Gasteiger partial charge in [0.1, 0.15) is 47.9 Å². The molecule has 0 spiro atoms. The van der Waals surface area contributed by atoms with Gasteiger partial charge in [-0.25, -0.2) is 9.50 Å². The smallest absolute Gasteiger partial charge is 0.323 e. The van der Waals surface area contributed by atoms with E-state index >= 15 is 0 Å². The zero-order valence-electron chi connectivity index (χ0n) is 27.3. The van der Waals surface area contributed by atoms with Crippen LogP contribution in [-0.4, -0.2) is 80.7 Å². The number of fused-ring (bicyclic) bond motifs is 1. The quantitative estimate of drug-likeness (QED) is 0.175. The van der Waals surface area contributed by atoms with Crippen LogP contribution >= 0.6 is 0 Å². The van der Waals surface area contributed by atoms with E-state index in [-0.39, 0.29) is 30.7 Å². The highest BCUT2D eigenvalue weighted by molar-refractivity contribution is 5.98. The number of ether oxygens (including phenoxy) is 4. The highest BCUT2D eigenvalue weighted by atomic mass is 16.6. The molecule has 0 radical (unpaired) electrons. The van der Waals surface area contributed by atoms with Crippen molar-refractivity contribution >= 4 is 29.2 Å². The molecular formula is C33H45N5O8. The molecule has 0 bridgehead atoms. The molecular weight excluding hydrogens is 594 g/mol. The van der Waals surface area contributed by atoms with Crippen molar-refractivity contribution in [3.05, 3.63) is 60.0 Å². The number of carbonyl (C=O) groups excluding carboxylic acids is 3. The van der Waals surface area contributed by atoms with Crippen LogP contribution in [0.5, 0.6) is 0 Å². The summed E-state index contributed by atoms with van der Waals surface area (Å²) < 4.78 is 24.9. The Morgan fingerprint density at radius 3 is 2.57 bits per heavy atom. The van der Waals surface area contributed by atoms with E-state index in [0.29, 0.717) is 17.8 Å². The largest absolute Gasteiger partial charge is 0.463 e. The molecule has 0 aliphatic carbocycles. The lowest BCUT2D eigenvalue weighted by molar-refractivity contribution is -0.162. The topological polar surface area (TPSA) is 177 Å². The molecule has 5 atom stereocenters. The Morgan fingerprint density at radius 2 is 1.89 bits per heavy atom. The molecule has 0 saturated carbocycles. The predicted octanol–water partition coefficient (Wildman–Crippen LogP) is 2.92. The van der Waals surface area contributed by atoms with E-state index in [0.717, 1.165) is 18.4 Å². The van der Waals surface area contributed by atoms with Gasteiger partial charge in [-0.2, -0.15) is 5.10 Å². The average Bonchev–Trinajstić information content (AvgIpc) is 3.56. The summed E-state index contributed by atoms with van der Waals surface area (Å²) in [5, 5.41) is 18.9. The molecule has 1 aliphatic heterocycles. The minimum Gasteiger partial charge on any atom is -0.463 e. The number of benzene rings is 1. The number of hydrogen-bond acceptors (Lipinski definition) is 11. The van der Waals surface area contributed by atoms with E-state index in [1.807, 2.05) is 37.3 Å². The summed E-state index contributed by atoms with van der Waals surface area (Å²) in [4.78, 5) is 43.0. The summed E-state index contributed by atoms with van der Waals surface area (Å²) in [5.74, 6) is -1.61. The van der Waals surface area contributed by atoms with Gasteiger partial charge in [-0.3, -0.25) is 14.4 Å². The lowest BCUT2D eigenvalue weighted by Gasteiger charge is -2.28. The first kappa shape index (κ1) is 35.0. The molecule has 13 nitrogen and oxygen atoms in total. The van der Waals surface area contributed by atoms with Crippen molar-refractivity contribution in [1.29, 1.82) is 0 Å². The second kappa shape index (κ2) is 14.7. The third-order valence-electron chi connectivity index (χ3n) is 8.18. The number of anilines is 1. The number of nitrogens with two attached hydrogens (primary N) is 1. The highest BCUT2D eigenvalue weighted by Gasteiger charge is 2.56. The van der Waals surface area contributed by atoms with Crippen LogP contribution in [0.3, 0.4) is 0 Å². The maximum Gasteiger partial charge on any atom is 0.323 e. The molecule has 3 heterocycles. The van der Waals surface area contributed by atoms with Crippen molar-refractivity contribution in [2.75, 3.05) is 18.5 Å². The fourth-order valence-electron chi connectivity index (χ4n) is 5.12. The monoisotopic (exact) mass is 639 g/mol. The summed E-state index contributed by atoms with van der Waals surface area (Å²) in [5.41, 5.74) is 5.04. The number of unbranched alkanes of at least 4 members (excludes halogenated alkanes) is 1. The lowest BCUT2D eigenvalue weighted by Crippen LogP contribution is -2.46. The number of esters is 2. The second-order valence-electron chi connectivity index (χ2n) is 12.5. The first-order valence-corrected chi connectivity index (χ1v) is 15.6. The van der Waals surface area contributed by atoms with Crippen molar-refractivity contribution < 1.29 is 38.4 Å². The number of rotatable bonds is 14. The predicted molar refractivity (Wildman–Crippen MR) is 169 cm³/mol. The van der Waals surface area contributed by atoms with Gasteiger partial charge < -0.3 is 35.1 Å². The minimum atomic E-state index is -1.49. The lowest BCUT2D eigenvalue weighted by atomic mass is 9.93. The molecule has 1 amide bonds. The summed E-state index contributed by atoms with van der Waals surface area (Å²) >= 11 is 0. The van der Waals surface area contributed by atoms with Crippen LogP contribution in [0.2, 0.25) is 0 Å². The first-order chi connectivity index (χ1) is 21.8. The fourth-order valence-corrected chi connectivity index (χ4v) is 5.12. The van der Waals surface area contributed by atoms with Crippen LogP contribution < -0.4 is 11.1 Å². The Hall–Kier alpha value is -3.91. The third-order valence-corrected chi connectivity index (χ3v) is 8.18. The molecule has 0 unspecified atom stereocenters. The van der Waals surface area contributed by atoms with Crippen molar-refractivity contribution in [3.63, 3.8) is 0 Å². The zero-order chi connectivity index (χ0) is 33.6. The normalized spacial score (nSPS) is 22.2. The molecule has 4 N–H and O–H groups in total. The number of aromatic nitrogens is 3. The van der Waals surface area contributed by atoms with Crippen LogP contribution in [0.15, 0.2) is 48.8 Å². The maximum atomic E-state index is 13.1. The maximum absolute atomic E-state index is 13.1. The molecule has 13 heteroatoms. The van der Waals surface area contributed by atoms with Crippen LogP contribution in [0.25, 0.3) is 5.52 Å². The van der Waals surface area contributed by atoms with Gasteiger partial charge >= 0.3 is 11.9 Å². The van der Waals surface area contributed by atoms with Gasteiger partial charge in [0.25, 0.3) is 5.91 Å². The van der Waals surface area contributed by atoms with Gasteiger partial charge in [-0.15, -0.1) is 0 Å². The van der Waals surface area contributed by atoms with Crippen molar-refractivity contribution in [2.45, 2.75) is 96.4 Å². The standard InChI is InChI=1S/C33H45N5O8/c1-7-8-16-44-32(4,5)31(42)37-29-22-14-15-24(38(22)36-19-35-29)33(6)28(40)27(45-30(41)26(34)20(2)3)23(46-33)18-43-25(39)17-21-12-10-9-11-13-21/h9-15,19-20,23,26-28,40H,7-8,16-18,34H2,1-6H3,(H,35,36,37,42)/t23-,26+,27-,28-,33+/m1/s1. The number of nitrogens with zero attached hydrogens (tertiary/aromatic N) is 3. The summed E-state index contributed by atoms with van der Waals surface area (Å²) in [6, 6.07) is 11.5. The van der Waals surface area contributed by atoms with Crippen LogP contribution in [0, 0.1) is 5.92 Å². The van der Waals surface area contributed by atoms with E-state index in [2.05, 4.69) is 15.4 Å². The number of aliphatic hydroxyl groups excluding tert-OH is 1. The molecule has 46 heavy (non-hydrogen) atoms. The van der Waals surface area contributed by atoms with Crippen molar-refractivity contribution in [3.8, 4) is 0 Å². The van der Waals surface area contributed by atoms with Gasteiger partial charge in [-0.1, -0.05) is 57.5 Å². The van der Waals surface area contributed by atoms with E-state index in [1.54, 1.807) is 46.8 Å². The van der Waals surface area contributed by atoms with Crippen molar-refractivity contribution in [2.24, 2.45) is 11.7 Å². The molecule has 1 fully saturated rings. The Labute approximate surface area is 268 Å². The van der Waals surface area contributed by atoms with Crippen LogP contribution in [0.4, 0.5) is 5.82 Å². The SMILES string of the molecule is CCCCOC(C)(C)C(=O)Nc1ncnn2c([C@]3(C)O[C@H](COC(=O)Cc4ccccc4)[C@@H](OC(=O)[C@@H](N)C(C)C)[C@H]3O)ccc12. The summed E-state index contributed by atoms with van der Waals surface area (Å²) in [6.45, 7) is 10.7. The number of hydrogen-bond donors (Lipinski definition) is 3. The van der Waals surface area contributed by atoms with Gasteiger partial charge in [0.15, 0.2) is 11.9 Å². The fraction of sp³-hybridized carbons (Fsp3) is 0.545. The van der Waals surface area contributed by atoms with Crippen LogP contribution in [0.1, 0.15) is 65.6 Å². The molecule has 3 aromatic rings. The zero-order valence-corrected chi connectivity index (χ0v) is 27.3. The van der Waals surface area contributed by atoms with E-state index in [9.17, 15) is 19.5 Å². The summed E-state index contributed by atoms with van der Waals surface area (Å²) in [6.07, 6.45) is -0.606. The first-order valence-electron chi connectivity index (χ1n) is 15.6. The molecule has 4 rings (SSSR count). The van der Waals surface area contributed by atoms with Gasteiger partial charge in [-0.05, 0) is 50.8 Å². The number of aliphatic hydroxyl groups is 1. The second-order valence-corrected chi connectivity index (χ2v) is 12.5. The van der Waals surface area contributed by atoms with Gasteiger partial charge in [0.2, 0.25) is 0 Å². The molecule has 1 aliphatic rings. The van der Waals surface area contributed by atoms with E-state index in [4.69, 9.17) is 24.7 Å². The number of nitrogens with one attached hydrogen (secondary N) is 1. The molecule has 2 aromatic heterocycles. The van der Waals surface area contributed by atoms with E-state index < -0.39 is 47.5 Å². The van der Waals surface area contributed by atoms with E-state index in [1.165, 1.54) is 10.8 Å². The Kier molecular flexibility index (Phi) is 11.1. The summed E-state index contributed by atoms with van der Waals surface area (Å²) in [7, 11) is 0. The van der Waals surface area contributed by atoms with Gasteiger partial charge in [0.05, 0.1) is 12.1 Å². The number of carbonyl (C=O) groups is 3. The average molecular weight is 640 g/mol. The Morgan fingerprint density at radius 1 is 1.17 bits per heavy atom. The molecule has 1 aromatic carbocycles. The Bertz CT molecular complexity index is 1510. The van der Waals surface area contributed by atoms with Gasteiger partial charge in [0, 0.05) is 6.61 Å². The molecule has 250 valence electrons. The Balaban J connectivity index is 1.59. The third kappa shape index (κ3) is 7.72.